The summed E-state index contributed by atoms with van der Waals surface area (Å²) < 4.78 is 5.80. The lowest BCUT2D eigenvalue weighted by Crippen LogP contribution is -2.15. The highest BCUT2D eigenvalue weighted by Crippen LogP contribution is 2.24. The molecule has 1 aromatic carbocycles. The van der Waals surface area contributed by atoms with Crippen LogP contribution < -0.4 is 10.1 Å². The normalized spacial score (nSPS) is 11.8. The molecule has 0 spiro atoms. The van der Waals surface area contributed by atoms with E-state index in [4.69, 9.17) is 4.74 Å². The first-order valence-corrected chi connectivity index (χ1v) is 9.20. The first kappa shape index (κ1) is 17.2. The molecule has 0 bridgehead atoms. The van der Waals surface area contributed by atoms with Crippen LogP contribution in [0, 0.1) is 11.8 Å². The van der Waals surface area contributed by atoms with Crippen molar-refractivity contribution in [2.24, 2.45) is 0 Å². The Morgan fingerprint density at radius 1 is 1.16 bits per heavy atom. The minimum absolute atomic E-state index is 0.134. The molecule has 0 fully saturated rings. The van der Waals surface area contributed by atoms with Gasteiger partial charge in [0, 0.05) is 12.5 Å². The van der Waals surface area contributed by atoms with E-state index in [1.165, 1.54) is 0 Å². The van der Waals surface area contributed by atoms with E-state index in [0.717, 1.165) is 27.3 Å². The molecule has 2 heterocycles. The van der Waals surface area contributed by atoms with Crippen LogP contribution >= 0.6 is 11.3 Å². The maximum absolute atomic E-state index is 5.80. The van der Waals surface area contributed by atoms with Crippen molar-refractivity contribution in [2.45, 2.75) is 39.3 Å². The lowest BCUT2D eigenvalue weighted by atomic mass is 10.1. The SMILES string of the molecule is CC(CC#Cc1ccccc1OC(C)C)Nc1ncnc2sccc12. The van der Waals surface area contributed by atoms with Crippen LogP contribution in [0.15, 0.2) is 42.0 Å². The fourth-order valence-electron chi connectivity index (χ4n) is 2.42. The first-order valence-electron chi connectivity index (χ1n) is 8.33. The van der Waals surface area contributed by atoms with Gasteiger partial charge < -0.3 is 10.1 Å². The number of fused-ring (bicyclic) bond motifs is 1. The Kier molecular flexibility index (Phi) is 5.52. The monoisotopic (exact) mass is 351 g/mol. The molecule has 1 unspecified atom stereocenters. The molecule has 0 radical (unpaired) electrons. The van der Waals surface area contributed by atoms with Gasteiger partial charge >= 0.3 is 0 Å². The number of hydrogen-bond donors (Lipinski definition) is 1. The Balaban J connectivity index is 1.67. The summed E-state index contributed by atoms with van der Waals surface area (Å²) in [5.41, 5.74) is 0.922. The minimum Gasteiger partial charge on any atom is -0.490 e. The van der Waals surface area contributed by atoms with Crippen LogP contribution in [0.4, 0.5) is 5.82 Å². The minimum atomic E-state index is 0.134. The molecule has 1 N–H and O–H groups in total. The molecule has 0 amide bonds. The Morgan fingerprint density at radius 2 is 2.00 bits per heavy atom. The molecule has 3 aromatic rings. The quantitative estimate of drug-likeness (QED) is 0.676. The zero-order valence-electron chi connectivity index (χ0n) is 14.6. The molecular weight excluding hydrogens is 330 g/mol. The molecule has 0 saturated carbocycles. The molecule has 128 valence electrons. The topological polar surface area (TPSA) is 47.0 Å². The Hall–Kier alpha value is -2.58. The number of ether oxygens (including phenoxy) is 1. The van der Waals surface area contributed by atoms with Gasteiger partial charge in [0.05, 0.1) is 17.1 Å². The van der Waals surface area contributed by atoms with Gasteiger partial charge in [-0.1, -0.05) is 24.0 Å². The molecule has 0 aliphatic heterocycles. The second kappa shape index (κ2) is 8.00. The molecule has 0 aliphatic rings. The third-order valence-corrected chi connectivity index (χ3v) is 4.35. The summed E-state index contributed by atoms with van der Waals surface area (Å²) in [6.07, 6.45) is 2.44. The van der Waals surface area contributed by atoms with Gasteiger partial charge in [-0.05, 0) is 44.4 Å². The molecular formula is C20H21N3OS. The van der Waals surface area contributed by atoms with E-state index in [1.54, 1.807) is 17.7 Å². The number of hydrogen-bond acceptors (Lipinski definition) is 5. The Bertz CT molecular complexity index is 908. The van der Waals surface area contributed by atoms with Gasteiger partial charge in [0.15, 0.2) is 0 Å². The van der Waals surface area contributed by atoms with Crippen molar-refractivity contribution in [2.75, 3.05) is 5.32 Å². The fraction of sp³-hybridized carbons (Fsp3) is 0.300. The average Bonchev–Trinajstić information content (AvgIpc) is 3.06. The van der Waals surface area contributed by atoms with E-state index in [1.807, 2.05) is 49.6 Å². The second-order valence-electron chi connectivity index (χ2n) is 6.08. The summed E-state index contributed by atoms with van der Waals surface area (Å²) in [5, 5.41) is 6.51. The van der Waals surface area contributed by atoms with Gasteiger partial charge in [-0.25, -0.2) is 9.97 Å². The maximum Gasteiger partial charge on any atom is 0.138 e. The lowest BCUT2D eigenvalue weighted by Gasteiger charge is -2.12. The van der Waals surface area contributed by atoms with Crippen LogP contribution in [0.25, 0.3) is 10.2 Å². The van der Waals surface area contributed by atoms with Crippen LogP contribution in [-0.4, -0.2) is 22.1 Å². The lowest BCUT2D eigenvalue weighted by molar-refractivity contribution is 0.242. The van der Waals surface area contributed by atoms with Crippen LogP contribution in [0.5, 0.6) is 5.75 Å². The molecule has 25 heavy (non-hydrogen) atoms. The molecule has 0 saturated heterocycles. The van der Waals surface area contributed by atoms with Crippen molar-refractivity contribution >= 4 is 27.4 Å². The summed E-state index contributed by atoms with van der Waals surface area (Å²) in [5.74, 6) is 8.17. The van der Waals surface area contributed by atoms with Crippen LogP contribution in [0.2, 0.25) is 0 Å². The van der Waals surface area contributed by atoms with Crippen molar-refractivity contribution < 1.29 is 4.74 Å². The third kappa shape index (κ3) is 4.49. The van der Waals surface area contributed by atoms with Crippen LogP contribution in [-0.2, 0) is 0 Å². The summed E-state index contributed by atoms with van der Waals surface area (Å²) in [6.45, 7) is 6.14. The van der Waals surface area contributed by atoms with Crippen molar-refractivity contribution in [3.05, 3.63) is 47.6 Å². The van der Waals surface area contributed by atoms with Gasteiger partial charge in [0.2, 0.25) is 0 Å². The number of benzene rings is 1. The number of nitrogens with zero attached hydrogens (tertiary/aromatic N) is 2. The van der Waals surface area contributed by atoms with Gasteiger partial charge in [-0.2, -0.15) is 0 Å². The van der Waals surface area contributed by atoms with E-state index >= 15 is 0 Å². The standard InChI is InChI=1S/C20H21N3OS/c1-14(2)24-18-10-5-4-8-16(18)9-6-7-15(3)23-19-17-11-12-25-20(17)22-13-21-19/h4-5,8,10-15H,7H2,1-3H3,(H,21,22,23). The van der Waals surface area contributed by atoms with E-state index < -0.39 is 0 Å². The highest BCUT2D eigenvalue weighted by molar-refractivity contribution is 7.16. The van der Waals surface area contributed by atoms with Crippen molar-refractivity contribution in [3.8, 4) is 17.6 Å². The second-order valence-corrected chi connectivity index (χ2v) is 6.97. The zero-order chi connectivity index (χ0) is 17.6. The maximum atomic E-state index is 5.80. The smallest absolute Gasteiger partial charge is 0.138 e. The number of aromatic nitrogens is 2. The first-order chi connectivity index (χ1) is 12.1. The molecule has 4 nitrogen and oxygen atoms in total. The van der Waals surface area contributed by atoms with Crippen molar-refractivity contribution in [1.82, 2.24) is 9.97 Å². The van der Waals surface area contributed by atoms with Gasteiger partial charge in [0.1, 0.15) is 22.7 Å². The number of nitrogens with one attached hydrogen (secondary N) is 1. The van der Waals surface area contributed by atoms with E-state index in [0.29, 0.717) is 6.42 Å². The third-order valence-electron chi connectivity index (χ3n) is 3.53. The van der Waals surface area contributed by atoms with Crippen molar-refractivity contribution in [1.29, 1.82) is 0 Å². The van der Waals surface area contributed by atoms with E-state index in [2.05, 4.69) is 34.0 Å². The van der Waals surface area contributed by atoms with E-state index in [-0.39, 0.29) is 12.1 Å². The molecule has 1 atom stereocenters. The van der Waals surface area contributed by atoms with Crippen LogP contribution in [0.3, 0.4) is 0 Å². The predicted octanol–water partition coefficient (Wildman–Crippen LogP) is 4.72. The summed E-state index contributed by atoms with van der Waals surface area (Å²) in [7, 11) is 0. The van der Waals surface area contributed by atoms with Crippen LogP contribution in [0.1, 0.15) is 32.8 Å². The number of para-hydroxylation sites is 1. The highest BCUT2D eigenvalue weighted by atomic mass is 32.1. The summed E-state index contributed by atoms with van der Waals surface area (Å²) in [4.78, 5) is 9.61. The molecule has 0 aliphatic carbocycles. The molecule has 2 aromatic heterocycles. The summed E-state index contributed by atoms with van der Waals surface area (Å²) >= 11 is 1.62. The zero-order valence-corrected chi connectivity index (χ0v) is 15.4. The number of anilines is 1. The Morgan fingerprint density at radius 3 is 2.84 bits per heavy atom. The number of rotatable bonds is 5. The van der Waals surface area contributed by atoms with Gasteiger partial charge in [-0.3, -0.25) is 0 Å². The fourth-order valence-corrected chi connectivity index (χ4v) is 3.15. The summed E-state index contributed by atoms with van der Waals surface area (Å²) in [6, 6.07) is 10.1. The van der Waals surface area contributed by atoms with Gasteiger partial charge in [0.25, 0.3) is 0 Å². The largest absolute Gasteiger partial charge is 0.490 e. The molecule has 5 heteroatoms. The van der Waals surface area contributed by atoms with E-state index in [9.17, 15) is 0 Å². The highest BCUT2D eigenvalue weighted by Gasteiger charge is 2.07. The number of thiophene rings is 1. The molecule has 3 rings (SSSR count). The predicted molar refractivity (Wildman–Crippen MR) is 104 cm³/mol. The average molecular weight is 351 g/mol. The Labute approximate surface area is 152 Å². The van der Waals surface area contributed by atoms with Gasteiger partial charge in [-0.15, -0.1) is 11.3 Å². The van der Waals surface area contributed by atoms with Crippen molar-refractivity contribution in [3.63, 3.8) is 0 Å².